The number of hydrogen-bond donors (Lipinski definition) is 0. The summed E-state index contributed by atoms with van der Waals surface area (Å²) in [5.74, 6) is 1.12. The van der Waals surface area contributed by atoms with Gasteiger partial charge in [-0.1, -0.05) is 60.5 Å². The summed E-state index contributed by atoms with van der Waals surface area (Å²) in [7, 11) is 0. The average molecular weight is 298 g/mol. The first-order chi connectivity index (χ1) is 9.61. The number of hydrogen-bond acceptors (Lipinski definition) is 4. The molecule has 2 rings (SSSR count). The second-order valence-corrected chi connectivity index (χ2v) is 5.01. The first-order valence-electron chi connectivity index (χ1n) is 7.42. The highest BCUT2D eigenvalue weighted by Gasteiger charge is 1.99. The van der Waals surface area contributed by atoms with E-state index < -0.39 is 0 Å². The van der Waals surface area contributed by atoms with Crippen LogP contribution in [-0.4, -0.2) is 9.53 Å². The summed E-state index contributed by atoms with van der Waals surface area (Å²) in [6.07, 6.45) is 3.44. The van der Waals surface area contributed by atoms with Crippen LogP contribution in [0.25, 0.3) is 0 Å². The highest BCUT2D eigenvalue weighted by molar-refractivity contribution is 7.05. The zero-order valence-electron chi connectivity index (χ0n) is 14.2. The first kappa shape index (κ1) is 21.1. The molecule has 0 aliphatic rings. The Kier molecular flexibility index (Phi) is 15.1. The summed E-state index contributed by atoms with van der Waals surface area (Å²) in [6, 6.07) is 3.94. The van der Waals surface area contributed by atoms with Crippen LogP contribution in [0.15, 0.2) is 29.1 Å². The zero-order chi connectivity index (χ0) is 16.0. The summed E-state index contributed by atoms with van der Waals surface area (Å²) < 4.78 is 8.61. The van der Waals surface area contributed by atoms with E-state index in [0.29, 0.717) is 11.8 Å². The predicted molar refractivity (Wildman–Crippen MR) is 89.5 cm³/mol. The third-order valence-corrected chi connectivity index (χ3v) is 3.12. The Bertz CT molecular complexity index is 329. The molecule has 3 nitrogen and oxygen atoms in total. The van der Waals surface area contributed by atoms with Crippen molar-refractivity contribution in [2.75, 3.05) is 0 Å². The van der Waals surface area contributed by atoms with Crippen molar-refractivity contribution < 1.29 is 4.52 Å². The fraction of sp³-hybridized carbons (Fsp3) is 0.625. The average Bonchev–Trinajstić information content (AvgIpc) is 3.17. The molecule has 0 atom stereocenters. The minimum Gasteiger partial charge on any atom is -0.365 e. The Balaban J connectivity index is 0. The smallest absolute Gasteiger partial charge is 0.124 e. The van der Waals surface area contributed by atoms with E-state index >= 15 is 0 Å². The highest BCUT2D eigenvalue weighted by Crippen LogP contribution is 2.16. The molecule has 0 N–H and O–H groups in total. The standard InChI is InChI=1S/C6H9NO.C6H9NS.2C2H6/c1-5(2)6-3-4-8-7-6;1-5(2)6-3-4-7-8-6;2*1-2/h2*3-5H,1-2H3;2*1-2H3. The van der Waals surface area contributed by atoms with E-state index in [2.05, 4.69) is 47.8 Å². The molecule has 0 amide bonds. The SMILES string of the molecule is CC.CC.CC(C)c1ccns1.CC(C)c1ccon1. The molecule has 116 valence electrons. The van der Waals surface area contributed by atoms with Crippen LogP contribution in [0.5, 0.6) is 0 Å². The summed E-state index contributed by atoms with van der Waals surface area (Å²) in [4.78, 5) is 1.37. The summed E-state index contributed by atoms with van der Waals surface area (Å²) in [6.45, 7) is 16.5. The minimum atomic E-state index is 0.480. The van der Waals surface area contributed by atoms with Gasteiger partial charge in [0.25, 0.3) is 0 Å². The van der Waals surface area contributed by atoms with Crippen LogP contribution in [0.3, 0.4) is 0 Å². The molecule has 0 aliphatic heterocycles. The van der Waals surface area contributed by atoms with Gasteiger partial charge < -0.3 is 4.52 Å². The summed E-state index contributed by atoms with van der Waals surface area (Å²) >= 11 is 1.58. The lowest BCUT2D eigenvalue weighted by molar-refractivity contribution is 0.408. The van der Waals surface area contributed by atoms with Gasteiger partial charge in [0.15, 0.2) is 0 Å². The molecule has 0 radical (unpaired) electrons. The van der Waals surface area contributed by atoms with Crippen LogP contribution in [0.4, 0.5) is 0 Å². The van der Waals surface area contributed by atoms with Crippen LogP contribution in [0.1, 0.15) is 77.8 Å². The fourth-order valence-corrected chi connectivity index (χ4v) is 1.62. The second-order valence-electron chi connectivity index (χ2n) is 4.15. The lowest BCUT2D eigenvalue weighted by atomic mass is 10.1. The molecule has 2 aromatic heterocycles. The molecule has 2 heterocycles. The Morgan fingerprint density at radius 2 is 1.55 bits per heavy atom. The van der Waals surface area contributed by atoms with Crippen LogP contribution >= 0.6 is 11.5 Å². The molecular weight excluding hydrogens is 268 g/mol. The van der Waals surface area contributed by atoms with Crippen molar-refractivity contribution in [3.05, 3.63) is 35.2 Å². The van der Waals surface area contributed by atoms with Crippen molar-refractivity contribution in [1.82, 2.24) is 9.53 Å². The van der Waals surface area contributed by atoms with Crippen molar-refractivity contribution in [2.45, 2.75) is 67.2 Å². The Morgan fingerprint density at radius 1 is 0.950 bits per heavy atom. The normalized spacial score (nSPS) is 8.90. The minimum absolute atomic E-state index is 0.480. The molecule has 0 aromatic carbocycles. The molecule has 4 heteroatoms. The first-order valence-corrected chi connectivity index (χ1v) is 8.19. The van der Waals surface area contributed by atoms with E-state index in [9.17, 15) is 0 Å². The van der Waals surface area contributed by atoms with Gasteiger partial charge in [0.05, 0.1) is 5.69 Å². The van der Waals surface area contributed by atoms with Gasteiger partial charge in [0.1, 0.15) is 6.26 Å². The van der Waals surface area contributed by atoms with Gasteiger partial charge in [-0.25, -0.2) is 4.37 Å². The Hall–Kier alpha value is -1.16. The molecule has 0 aliphatic carbocycles. The maximum Gasteiger partial charge on any atom is 0.124 e. The monoisotopic (exact) mass is 298 g/mol. The van der Waals surface area contributed by atoms with E-state index in [1.54, 1.807) is 17.8 Å². The van der Waals surface area contributed by atoms with Gasteiger partial charge in [-0.3, -0.25) is 0 Å². The Labute approximate surface area is 128 Å². The summed E-state index contributed by atoms with van der Waals surface area (Å²) in [5.41, 5.74) is 1.02. The van der Waals surface area contributed by atoms with Gasteiger partial charge in [-0.2, -0.15) is 0 Å². The van der Waals surface area contributed by atoms with E-state index in [4.69, 9.17) is 0 Å². The maximum atomic E-state index is 4.63. The fourth-order valence-electron chi connectivity index (χ4n) is 1.04. The van der Waals surface area contributed by atoms with E-state index in [0.717, 1.165) is 5.69 Å². The van der Waals surface area contributed by atoms with E-state index in [1.165, 1.54) is 4.88 Å². The highest BCUT2D eigenvalue weighted by atomic mass is 32.1. The molecular formula is C16H30N2OS. The predicted octanol–water partition coefficient (Wildman–Crippen LogP) is 6.12. The molecule has 0 unspecified atom stereocenters. The van der Waals surface area contributed by atoms with Crippen molar-refractivity contribution in [2.24, 2.45) is 0 Å². The van der Waals surface area contributed by atoms with Crippen molar-refractivity contribution in [3.8, 4) is 0 Å². The lowest BCUT2D eigenvalue weighted by Crippen LogP contribution is -1.83. The van der Waals surface area contributed by atoms with Crippen LogP contribution < -0.4 is 0 Å². The Morgan fingerprint density at radius 3 is 1.75 bits per heavy atom. The van der Waals surface area contributed by atoms with Crippen molar-refractivity contribution in [3.63, 3.8) is 0 Å². The van der Waals surface area contributed by atoms with Crippen LogP contribution in [0, 0.1) is 0 Å². The van der Waals surface area contributed by atoms with E-state index in [-0.39, 0.29) is 0 Å². The van der Waals surface area contributed by atoms with Crippen LogP contribution in [0.2, 0.25) is 0 Å². The molecule has 0 fully saturated rings. The van der Waals surface area contributed by atoms with Gasteiger partial charge in [0, 0.05) is 17.1 Å². The maximum absolute atomic E-state index is 4.63. The number of rotatable bonds is 2. The molecule has 20 heavy (non-hydrogen) atoms. The molecule has 0 saturated heterocycles. The molecule has 0 bridgehead atoms. The zero-order valence-corrected chi connectivity index (χ0v) is 15.0. The van der Waals surface area contributed by atoms with Gasteiger partial charge >= 0.3 is 0 Å². The third kappa shape index (κ3) is 9.73. The van der Waals surface area contributed by atoms with E-state index in [1.807, 2.05) is 40.0 Å². The quantitative estimate of drug-likeness (QED) is 0.670. The molecule has 0 saturated carbocycles. The largest absolute Gasteiger partial charge is 0.365 e. The van der Waals surface area contributed by atoms with Crippen LogP contribution in [-0.2, 0) is 0 Å². The second kappa shape index (κ2) is 14.3. The van der Waals surface area contributed by atoms with Gasteiger partial charge in [0.2, 0.25) is 0 Å². The number of aromatic nitrogens is 2. The summed E-state index contributed by atoms with van der Waals surface area (Å²) in [5, 5.41) is 3.74. The molecule has 2 aromatic rings. The third-order valence-electron chi connectivity index (χ3n) is 2.08. The van der Waals surface area contributed by atoms with Crippen molar-refractivity contribution in [1.29, 1.82) is 0 Å². The topological polar surface area (TPSA) is 38.9 Å². The number of nitrogens with zero attached hydrogens (tertiary/aromatic N) is 2. The van der Waals surface area contributed by atoms with Gasteiger partial charge in [-0.05, 0) is 29.4 Å². The molecule has 0 spiro atoms. The lowest BCUT2D eigenvalue weighted by Gasteiger charge is -1.94. The van der Waals surface area contributed by atoms with Gasteiger partial charge in [-0.15, -0.1) is 0 Å². The van der Waals surface area contributed by atoms with Crippen molar-refractivity contribution >= 4 is 11.5 Å².